The fraction of sp³-hybridized carbons (Fsp3) is 0.594. The normalized spacial score (nSPS) is 15.3. The molecule has 2 aromatic heterocycles. The zero-order valence-corrected chi connectivity index (χ0v) is 25.7. The fourth-order valence-electron chi connectivity index (χ4n) is 5.85. The van der Waals surface area contributed by atoms with Crippen molar-refractivity contribution in [1.82, 2.24) is 25.1 Å². The second kappa shape index (κ2) is 14.3. The third-order valence-electron chi connectivity index (χ3n) is 8.04. The summed E-state index contributed by atoms with van der Waals surface area (Å²) < 4.78 is 2.36. The molecule has 1 aliphatic heterocycles. The minimum atomic E-state index is -0.528. The van der Waals surface area contributed by atoms with Gasteiger partial charge in [-0.1, -0.05) is 40.7 Å². The van der Waals surface area contributed by atoms with Crippen molar-refractivity contribution >= 4 is 34.2 Å². The van der Waals surface area contributed by atoms with Crippen molar-refractivity contribution in [3.05, 3.63) is 52.0 Å². The van der Waals surface area contributed by atoms with Crippen molar-refractivity contribution in [2.24, 2.45) is 5.92 Å². The predicted molar refractivity (Wildman–Crippen MR) is 167 cm³/mol. The first-order valence-corrected chi connectivity index (χ1v) is 16.1. The quantitative estimate of drug-likeness (QED) is 0.249. The van der Waals surface area contributed by atoms with Crippen LogP contribution in [0, 0.1) is 5.92 Å². The monoisotopic (exact) mass is 567 g/mol. The summed E-state index contributed by atoms with van der Waals surface area (Å²) in [5.74, 6) is 1.15. The highest BCUT2D eigenvalue weighted by molar-refractivity contribution is 7.09. The molecule has 0 unspecified atom stereocenters. The van der Waals surface area contributed by atoms with Crippen LogP contribution in [0.15, 0.2) is 35.7 Å². The van der Waals surface area contributed by atoms with Gasteiger partial charge < -0.3 is 20.1 Å². The van der Waals surface area contributed by atoms with Crippen LogP contribution in [0.5, 0.6) is 0 Å². The van der Waals surface area contributed by atoms with E-state index in [9.17, 15) is 9.59 Å². The van der Waals surface area contributed by atoms with Crippen LogP contribution in [0.3, 0.4) is 0 Å². The molecule has 0 radical (unpaired) electrons. The lowest BCUT2D eigenvalue weighted by atomic mass is 9.99. The van der Waals surface area contributed by atoms with E-state index < -0.39 is 6.04 Å². The average Bonchev–Trinajstić information content (AvgIpc) is 3.59. The number of hydrogen-bond donors (Lipinski definition) is 2. The summed E-state index contributed by atoms with van der Waals surface area (Å²) >= 11 is 1.74. The van der Waals surface area contributed by atoms with Gasteiger partial charge in [-0.05, 0) is 80.6 Å². The molecule has 220 valence electrons. The Morgan fingerprint density at radius 3 is 2.50 bits per heavy atom. The zero-order chi connectivity index (χ0) is 28.6. The number of rotatable bonds is 13. The Hall–Kier alpha value is -2.71. The number of aromatic nitrogens is 2. The lowest BCUT2D eigenvalue weighted by Crippen LogP contribution is -2.53. The third-order valence-corrected chi connectivity index (χ3v) is 8.92. The second-order valence-electron chi connectivity index (χ2n) is 11.5. The number of benzene rings is 1. The van der Waals surface area contributed by atoms with E-state index in [0.717, 1.165) is 75.0 Å². The van der Waals surface area contributed by atoms with Crippen LogP contribution in [0.25, 0.3) is 11.0 Å². The van der Waals surface area contributed by atoms with Crippen LogP contribution >= 0.6 is 11.3 Å². The molecule has 40 heavy (non-hydrogen) atoms. The predicted octanol–water partition coefficient (Wildman–Crippen LogP) is 6.43. The van der Waals surface area contributed by atoms with Crippen LogP contribution in [0.4, 0.5) is 0 Å². The first kappa shape index (κ1) is 30.3. The number of carbonyl (C=O) groups excluding carboxylic acids is 2. The maximum absolute atomic E-state index is 13.6. The van der Waals surface area contributed by atoms with E-state index in [1.807, 2.05) is 23.1 Å². The lowest BCUT2D eigenvalue weighted by Gasteiger charge is -2.35. The van der Waals surface area contributed by atoms with Gasteiger partial charge >= 0.3 is 0 Å². The van der Waals surface area contributed by atoms with Gasteiger partial charge in [0.15, 0.2) is 0 Å². The van der Waals surface area contributed by atoms with E-state index in [1.54, 1.807) is 11.3 Å². The van der Waals surface area contributed by atoms with Crippen LogP contribution in [0.2, 0.25) is 0 Å². The van der Waals surface area contributed by atoms with E-state index in [2.05, 4.69) is 67.3 Å². The SMILES string of the molecule is CCCNC1CCN(C(=O)[C@H](CC(C)C)NC(=O)c2ccc3c(c2)nc(Cc2cccs2)n3C(CC)CC)CC1.[HH]. The number of imidazole rings is 1. The highest BCUT2D eigenvalue weighted by Gasteiger charge is 2.30. The number of carbonyl (C=O) groups is 2. The number of thiophene rings is 1. The van der Waals surface area contributed by atoms with Gasteiger partial charge in [0.25, 0.3) is 5.91 Å². The van der Waals surface area contributed by atoms with Crippen molar-refractivity contribution in [1.29, 1.82) is 0 Å². The largest absolute Gasteiger partial charge is 0.341 e. The van der Waals surface area contributed by atoms with Gasteiger partial charge in [0.2, 0.25) is 5.91 Å². The maximum atomic E-state index is 13.6. The molecule has 1 fully saturated rings. The first-order valence-electron chi connectivity index (χ1n) is 15.2. The molecule has 8 heteroatoms. The Labute approximate surface area is 245 Å². The fourth-order valence-corrected chi connectivity index (χ4v) is 6.55. The van der Waals surface area contributed by atoms with E-state index in [-0.39, 0.29) is 19.2 Å². The van der Waals surface area contributed by atoms with E-state index >= 15 is 0 Å². The number of fused-ring (bicyclic) bond motifs is 1. The molecule has 2 amide bonds. The molecular weight excluding hydrogens is 518 g/mol. The summed E-state index contributed by atoms with van der Waals surface area (Å²) in [5.41, 5.74) is 2.44. The van der Waals surface area contributed by atoms with Crippen LogP contribution in [-0.4, -0.2) is 58.0 Å². The van der Waals surface area contributed by atoms with Crippen molar-refractivity contribution < 1.29 is 11.0 Å². The number of nitrogens with zero attached hydrogens (tertiary/aromatic N) is 3. The topological polar surface area (TPSA) is 79.3 Å². The number of likely N-dealkylation sites (tertiary alicyclic amines) is 1. The summed E-state index contributed by atoms with van der Waals surface area (Å²) in [6.07, 6.45) is 6.46. The van der Waals surface area contributed by atoms with Gasteiger partial charge in [0, 0.05) is 43.5 Å². The lowest BCUT2D eigenvalue weighted by molar-refractivity contribution is -0.134. The maximum Gasteiger partial charge on any atom is 0.252 e. The molecule has 1 aromatic carbocycles. The number of nitrogens with one attached hydrogen (secondary N) is 2. The molecule has 4 rings (SSSR count). The standard InChI is InChI=1S/C32H47N5O2S.H2/c1-6-15-33-24-13-16-36(17-14-24)32(39)28(19-22(4)5)35-31(38)23-11-12-29-27(20-23)34-30(21-26-10-9-18-40-26)37(29)25(7-2)8-3;/h9-12,18,20,22,24-25,28,33H,6-8,13-17,19,21H2,1-5H3,(H,35,38);1H/t28-;/m0./s1. The van der Waals surface area contributed by atoms with Crippen LogP contribution in [-0.2, 0) is 11.2 Å². The number of amides is 2. The van der Waals surface area contributed by atoms with Crippen molar-refractivity contribution in [2.75, 3.05) is 19.6 Å². The summed E-state index contributed by atoms with van der Waals surface area (Å²) in [4.78, 5) is 35.3. The van der Waals surface area contributed by atoms with Gasteiger partial charge in [-0.15, -0.1) is 11.3 Å². The Balaban J connectivity index is 0.00000462. The first-order chi connectivity index (χ1) is 19.3. The minimum Gasteiger partial charge on any atom is -0.341 e. The highest BCUT2D eigenvalue weighted by atomic mass is 32.1. The highest BCUT2D eigenvalue weighted by Crippen LogP contribution is 2.28. The third kappa shape index (κ3) is 7.32. The van der Waals surface area contributed by atoms with Crippen molar-refractivity contribution in [2.45, 2.75) is 97.7 Å². The Kier molecular flexibility index (Phi) is 10.8. The van der Waals surface area contributed by atoms with Crippen LogP contribution in [0.1, 0.15) is 102 Å². The molecule has 1 atom stereocenters. The summed E-state index contributed by atoms with van der Waals surface area (Å²) in [5, 5.41) is 8.77. The summed E-state index contributed by atoms with van der Waals surface area (Å²) in [7, 11) is 0. The van der Waals surface area contributed by atoms with E-state index in [1.165, 1.54) is 4.88 Å². The van der Waals surface area contributed by atoms with Gasteiger partial charge in [0.05, 0.1) is 11.0 Å². The van der Waals surface area contributed by atoms with Gasteiger partial charge in [-0.2, -0.15) is 0 Å². The second-order valence-corrected chi connectivity index (χ2v) is 12.6. The van der Waals surface area contributed by atoms with Gasteiger partial charge in [-0.3, -0.25) is 9.59 Å². The molecular formula is C32H49N5O2S. The number of hydrogen-bond acceptors (Lipinski definition) is 5. The minimum absolute atomic E-state index is 0. The smallest absolute Gasteiger partial charge is 0.252 e. The Morgan fingerprint density at radius 1 is 1.12 bits per heavy atom. The molecule has 0 spiro atoms. The molecule has 0 saturated carbocycles. The average molecular weight is 568 g/mol. The Bertz CT molecular complexity index is 1250. The summed E-state index contributed by atoms with van der Waals surface area (Å²) in [6.45, 7) is 13.3. The molecule has 0 bridgehead atoms. The molecule has 1 saturated heterocycles. The Morgan fingerprint density at radius 2 is 1.88 bits per heavy atom. The van der Waals surface area contributed by atoms with Crippen LogP contribution < -0.4 is 10.6 Å². The van der Waals surface area contributed by atoms with Crippen molar-refractivity contribution in [3.8, 4) is 0 Å². The molecule has 3 aromatic rings. The molecule has 1 aliphatic rings. The van der Waals surface area contributed by atoms with Crippen molar-refractivity contribution in [3.63, 3.8) is 0 Å². The molecule has 2 N–H and O–H groups in total. The summed E-state index contributed by atoms with van der Waals surface area (Å²) in [6, 6.07) is 10.3. The zero-order valence-electron chi connectivity index (χ0n) is 24.9. The molecule has 3 heterocycles. The van der Waals surface area contributed by atoms with E-state index in [4.69, 9.17) is 4.98 Å². The van der Waals surface area contributed by atoms with E-state index in [0.29, 0.717) is 24.1 Å². The van der Waals surface area contributed by atoms with Gasteiger partial charge in [0.1, 0.15) is 11.9 Å². The number of piperidine rings is 1. The van der Waals surface area contributed by atoms with Gasteiger partial charge in [-0.25, -0.2) is 4.98 Å². The molecule has 7 nitrogen and oxygen atoms in total. The molecule has 0 aliphatic carbocycles.